The number of carbonyl (C=O) groups is 4. The summed E-state index contributed by atoms with van der Waals surface area (Å²) in [5.41, 5.74) is 12.3. The zero-order valence-electron chi connectivity index (χ0n) is 80.3. The molecule has 716 valence electrons. The summed E-state index contributed by atoms with van der Waals surface area (Å²) in [6.45, 7) is 17.9. The molecule has 137 heavy (non-hydrogen) atoms. The highest BCUT2D eigenvalue weighted by atomic mass is 35.5. The van der Waals surface area contributed by atoms with Crippen LogP contribution in [0.4, 0.5) is 4.39 Å². The molecular formula is C115H132ClFN10O9S. The number of hydrogen-bond acceptors (Lipinski definition) is 15. The number of Topliss-reactive ketones (excluding diaryl/α,β-unsaturated/α-hetero) is 3. The lowest BCUT2D eigenvalue weighted by molar-refractivity contribution is 0.0482. The van der Waals surface area contributed by atoms with Crippen LogP contribution >= 0.6 is 22.9 Å². The number of aryl methyl sites for hydroxylation is 6. The Kier molecular flexibility index (Phi) is 31.5. The summed E-state index contributed by atoms with van der Waals surface area (Å²) < 4.78 is 52.3. The van der Waals surface area contributed by atoms with Crippen LogP contribution in [-0.4, -0.2) is 176 Å². The average Bonchev–Trinajstić information content (AvgIpc) is 1.56. The van der Waals surface area contributed by atoms with Gasteiger partial charge in [-0.2, -0.15) is 0 Å². The molecule has 11 heterocycles. The summed E-state index contributed by atoms with van der Waals surface area (Å²) in [5.74, 6) is 5.99. The van der Waals surface area contributed by atoms with Gasteiger partial charge < -0.3 is 57.1 Å². The summed E-state index contributed by atoms with van der Waals surface area (Å²) in [5, 5.41) is 9.18. The lowest BCUT2D eigenvalue weighted by atomic mass is 9.86. The molecule has 14 aromatic rings. The molecule has 7 aliphatic rings. The lowest BCUT2D eigenvalue weighted by Crippen LogP contribution is -2.46. The summed E-state index contributed by atoms with van der Waals surface area (Å²) in [7, 11) is 5.06. The summed E-state index contributed by atoms with van der Waals surface area (Å²) in [6.07, 6.45) is 31.8. The van der Waals surface area contributed by atoms with E-state index in [0.29, 0.717) is 30.3 Å². The number of ether oxygens (including phenoxy) is 5. The molecule has 1 saturated carbocycles. The number of fused-ring (bicyclic) bond motifs is 9. The van der Waals surface area contributed by atoms with Crippen molar-refractivity contribution in [1.29, 1.82) is 0 Å². The number of carbonyl (C=O) groups excluding carboxylic acids is 4. The number of aromatic nitrogens is 5. The molecule has 6 saturated heterocycles. The number of rotatable bonds is 34. The normalized spacial score (nSPS) is 19.2. The predicted molar refractivity (Wildman–Crippen MR) is 549 cm³/mol. The maximum absolute atomic E-state index is 13.2. The third-order valence-electron chi connectivity index (χ3n) is 29.7. The Morgan fingerprint density at radius 2 is 0.920 bits per heavy atom. The summed E-state index contributed by atoms with van der Waals surface area (Å²) in [4.78, 5) is 65.8. The van der Waals surface area contributed by atoms with E-state index in [0.717, 1.165) is 271 Å². The van der Waals surface area contributed by atoms with Crippen LogP contribution < -0.4 is 29.0 Å². The molecule has 0 radical (unpaired) electrons. The van der Waals surface area contributed by atoms with Crippen LogP contribution in [0.5, 0.6) is 28.7 Å². The summed E-state index contributed by atoms with van der Waals surface area (Å²) in [6, 6.07) is 70.6. The highest BCUT2D eigenvalue weighted by Crippen LogP contribution is 2.44. The number of piperidine rings is 4. The minimum absolute atomic E-state index is 0.00192. The molecule has 4 atom stereocenters. The molecule has 1 aliphatic carbocycles. The van der Waals surface area contributed by atoms with Crippen molar-refractivity contribution in [2.24, 2.45) is 11.8 Å². The van der Waals surface area contributed by atoms with E-state index in [1.54, 1.807) is 47.3 Å². The molecule has 9 aromatic carbocycles. The van der Waals surface area contributed by atoms with Gasteiger partial charge >= 0.3 is 0 Å². The predicted octanol–water partition coefficient (Wildman–Crippen LogP) is 24.2. The van der Waals surface area contributed by atoms with Crippen molar-refractivity contribution in [2.75, 3.05) is 73.7 Å². The topological polar surface area (TPSA) is 172 Å². The fourth-order valence-electron chi connectivity index (χ4n) is 22.6. The van der Waals surface area contributed by atoms with Gasteiger partial charge in [-0.3, -0.25) is 29.0 Å². The van der Waals surface area contributed by atoms with Crippen molar-refractivity contribution in [1.82, 2.24) is 48.2 Å². The van der Waals surface area contributed by atoms with Crippen LogP contribution in [-0.2, 0) is 39.1 Å². The van der Waals surface area contributed by atoms with Gasteiger partial charge in [0, 0.05) is 168 Å². The number of nitrogens with one attached hydrogen (secondary N) is 1. The Balaban J connectivity index is 0.000000122. The van der Waals surface area contributed by atoms with E-state index in [9.17, 15) is 23.6 Å². The van der Waals surface area contributed by atoms with Gasteiger partial charge in [-0.15, -0.1) is 11.3 Å². The smallest absolute Gasteiger partial charge is 0.253 e. The second-order valence-corrected chi connectivity index (χ2v) is 40.4. The quantitative estimate of drug-likeness (QED) is 0.0378. The third kappa shape index (κ3) is 23.3. The Bertz CT molecular complexity index is 6400. The first-order chi connectivity index (χ1) is 66.9. The van der Waals surface area contributed by atoms with Crippen LogP contribution in [0.15, 0.2) is 231 Å². The van der Waals surface area contributed by atoms with Gasteiger partial charge in [-0.25, -0.2) is 9.37 Å². The third-order valence-corrected chi connectivity index (χ3v) is 31.1. The molecule has 4 unspecified atom stereocenters. The van der Waals surface area contributed by atoms with Gasteiger partial charge in [0.25, 0.3) is 5.91 Å². The lowest BCUT2D eigenvalue weighted by Gasteiger charge is -2.39. The SMILES string of the molecule is COc1cccc2c(C(=O)C3CC3)cn(CCCN3C4CCC3CC(Oc3ccc(Cl)cc3)C4)c12.COc1cccc2c(C(C)=O)cn(CCCN3CCC(Oc4ccc(F)cc4)CC3)c12.COc1cccc2c(C(C)=O)cn(CCCN3CCC(c4nc5ccccc5s4)CC3)c12.Cc1cccc(CNC(=O)c2cn(CCCN3C4CCC3CC(CCc3ccccc3)C4)c3ccccc23)c1. The first-order valence-corrected chi connectivity index (χ1v) is 51.3. The maximum atomic E-state index is 13.2. The number of benzene rings is 9. The van der Waals surface area contributed by atoms with Gasteiger partial charge in [0.2, 0.25) is 0 Å². The Labute approximate surface area is 814 Å². The molecule has 7 fully saturated rings. The molecule has 19 nitrogen and oxygen atoms in total. The van der Waals surface area contributed by atoms with Gasteiger partial charge in [0.05, 0.1) is 58.7 Å². The van der Waals surface area contributed by atoms with E-state index in [1.807, 2.05) is 109 Å². The van der Waals surface area contributed by atoms with E-state index >= 15 is 0 Å². The number of hydrogen-bond donors (Lipinski definition) is 1. The Morgan fingerprint density at radius 1 is 0.453 bits per heavy atom. The molecule has 21 rings (SSSR count). The monoisotopic (exact) mass is 1880 g/mol. The van der Waals surface area contributed by atoms with Gasteiger partial charge in [-0.05, 0) is 277 Å². The van der Waals surface area contributed by atoms with Gasteiger partial charge in [0.1, 0.15) is 46.8 Å². The molecule has 6 aliphatic heterocycles. The van der Waals surface area contributed by atoms with E-state index in [-0.39, 0.29) is 41.4 Å². The zero-order valence-corrected chi connectivity index (χ0v) is 81.9. The standard InChI is InChI=1S/C35H41N3O.C29H33ClN2O3.C26H29N3O2S.C25H29FN2O3/c1-26-9-7-12-29(21-26)24-36-35(39)33-25-37(34-14-6-5-13-32(33)34)19-8-20-38-30-17-18-31(38)23-28(22-30)16-15-27-10-3-2-4-11-27;1-34-27-5-2-4-25-26(29(33)19-6-7-19)18-31(28(25)27)14-3-15-32-21-10-11-22(32)17-24(16-21)35-23-12-8-20(30)9-13-23;1-18(30)21-17-29(25-20(21)7-5-9-23(25)31-2)14-6-13-28-15-11-19(12-16-28)26-27-22-8-3-4-10-24(22)32-26;1-18(29)23-17-28(25-22(23)5-3-6-24(25)30-2)14-4-13-27-15-11-21(12-16-27)31-20-9-7-19(26)8-10-20/h2-7,9-14,21,25,28,30-31H,8,15-20,22-24H2,1H3,(H,36,39);2,4-5,8-9,12-13,18-19,21-22,24H,3,6-7,10-11,14-17H2,1H3;3-5,7-10,17,19H,6,11-16H2,1-2H3;3,5-10,17,21H,4,11-16H2,1-2H3. The number of likely N-dealkylation sites (tertiary alicyclic amines) is 2. The summed E-state index contributed by atoms with van der Waals surface area (Å²) >= 11 is 7.87. The van der Waals surface area contributed by atoms with Gasteiger partial charge in [0.15, 0.2) is 17.3 Å². The van der Waals surface area contributed by atoms with Crippen molar-refractivity contribution in [3.05, 3.63) is 286 Å². The Morgan fingerprint density at radius 3 is 1.47 bits per heavy atom. The van der Waals surface area contributed by atoms with Crippen molar-refractivity contribution in [3.8, 4) is 28.7 Å². The maximum Gasteiger partial charge on any atom is 0.253 e. The molecule has 0 spiro atoms. The minimum Gasteiger partial charge on any atom is -0.495 e. The van der Waals surface area contributed by atoms with Crippen LogP contribution in [0, 0.1) is 24.6 Å². The van der Waals surface area contributed by atoms with E-state index < -0.39 is 0 Å². The molecule has 4 bridgehead atoms. The number of thiazole rings is 1. The highest BCUT2D eigenvalue weighted by molar-refractivity contribution is 7.18. The largest absolute Gasteiger partial charge is 0.495 e. The number of amides is 1. The fraction of sp³-hybridized carbons (Fsp3) is 0.417. The van der Waals surface area contributed by atoms with Crippen molar-refractivity contribution in [2.45, 2.75) is 224 Å². The molecule has 1 N–H and O–H groups in total. The van der Waals surface area contributed by atoms with Crippen molar-refractivity contribution in [3.63, 3.8) is 0 Å². The first kappa shape index (κ1) is 95.9. The molecule has 22 heteroatoms. The van der Waals surface area contributed by atoms with Crippen LogP contribution in [0.2, 0.25) is 5.02 Å². The first-order valence-electron chi connectivity index (χ1n) is 50.1. The van der Waals surface area contributed by atoms with Crippen molar-refractivity contribution >= 4 is 100 Å². The number of methoxy groups -OCH3 is 3. The zero-order chi connectivity index (χ0) is 94.4. The highest BCUT2D eigenvalue weighted by Gasteiger charge is 2.43. The molecule has 5 aromatic heterocycles. The second kappa shape index (κ2) is 45.0. The van der Waals surface area contributed by atoms with E-state index in [1.165, 1.54) is 97.2 Å². The molecule has 1 amide bonds. The number of para-hydroxylation sites is 5. The number of nitrogens with zero attached hydrogens (tertiary/aromatic N) is 9. The fourth-order valence-corrected chi connectivity index (χ4v) is 23.9. The van der Waals surface area contributed by atoms with E-state index in [2.05, 4.69) is 160 Å². The Hall–Kier alpha value is -11.4. The molecular weight excluding hydrogens is 1750 g/mol. The minimum atomic E-state index is -0.245. The number of halogens is 2. The average molecular weight is 1880 g/mol. The van der Waals surface area contributed by atoms with Gasteiger partial charge in [-0.1, -0.05) is 138 Å². The van der Waals surface area contributed by atoms with Crippen molar-refractivity contribution < 1.29 is 47.3 Å². The number of ketones is 3. The van der Waals surface area contributed by atoms with Crippen LogP contribution in [0.25, 0.3) is 53.8 Å². The second-order valence-electron chi connectivity index (χ2n) is 38.9. The van der Waals surface area contributed by atoms with Crippen LogP contribution in [0.1, 0.15) is 205 Å². The van der Waals surface area contributed by atoms with E-state index in [4.69, 9.17) is 40.3 Å². The van der Waals surface area contributed by atoms with Crippen LogP contribution in [0.3, 0.4) is 0 Å².